The fraction of sp³-hybridized carbons (Fsp3) is 0.538. The van der Waals surface area contributed by atoms with Crippen LogP contribution in [0.5, 0.6) is 0 Å². The average molecular weight is 405 g/mol. The van der Waals surface area contributed by atoms with Gasteiger partial charge in [0.05, 0.1) is 22.7 Å². The maximum atomic E-state index is 12.0. The monoisotopic (exact) mass is 403 g/mol. The van der Waals surface area contributed by atoms with Gasteiger partial charge in [0.1, 0.15) is 6.10 Å². The van der Waals surface area contributed by atoms with E-state index in [1.807, 2.05) is 0 Å². The Hall–Kier alpha value is -0.120. The largest absolute Gasteiger partial charge is 0.370 e. The summed E-state index contributed by atoms with van der Waals surface area (Å²) in [5, 5.41) is 4.01. The first-order chi connectivity index (χ1) is 10.4. The molecule has 1 saturated heterocycles. The van der Waals surface area contributed by atoms with Crippen molar-refractivity contribution >= 4 is 45.8 Å². The van der Waals surface area contributed by atoms with E-state index in [-0.39, 0.29) is 12.4 Å². The summed E-state index contributed by atoms with van der Waals surface area (Å²) in [4.78, 5) is 0. The third-order valence-electron chi connectivity index (χ3n) is 3.22. The molecule has 1 aromatic carbocycles. The predicted molar refractivity (Wildman–Crippen MR) is 94.8 cm³/mol. The Morgan fingerprint density at radius 3 is 2.74 bits per heavy atom. The van der Waals surface area contributed by atoms with Crippen LogP contribution in [0.4, 0.5) is 0 Å². The van der Waals surface area contributed by atoms with Crippen LogP contribution in [0.15, 0.2) is 18.2 Å². The third-order valence-corrected chi connectivity index (χ3v) is 5.24. The summed E-state index contributed by atoms with van der Waals surface area (Å²) in [6.45, 7) is 3.61. The molecule has 132 valence electrons. The van der Waals surface area contributed by atoms with Crippen LogP contribution in [0.25, 0.3) is 0 Å². The molecule has 1 fully saturated rings. The van der Waals surface area contributed by atoms with Crippen molar-refractivity contribution in [2.75, 3.05) is 26.2 Å². The lowest BCUT2D eigenvalue weighted by molar-refractivity contribution is 0.0492. The van der Waals surface area contributed by atoms with E-state index in [9.17, 15) is 8.42 Å². The Kier molecular flexibility index (Phi) is 8.54. The van der Waals surface area contributed by atoms with E-state index in [0.717, 1.165) is 5.56 Å². The summed E-state index contributed by atoms with van der Waals surface area (Å²) in [5.41, 5.74) is 0.780. The van der Waals surface area contributed by atoms with Gasteiger partial charge in [-0.25, -0.2) is 4.72 Å². The first kappa shape index (κ1) is 20.9. The van der Waals surface area contributed by atoms with Crippen LogP contribution in [-0.4, -0.2) is 40.7 Å². The van der Waals surface area contributed by atoms with Crippen molar-refractivity contribution in [3.63, 3.8) is 0 Å². The van der Waals surface area contributed by atoms with Gasteiger partial charge in [-0.05, 0) is 17.7 Å². The molecule has 1 aromatic rings. The number of halogens is 3. The molecule has 0 radical (unpaired) electrons. The highest BCUT2D eigenvalue weighted by Gasteiger charge is 2.29. The zero-order valence-electron chi connectivity index (χ0n) is 12.5. The quantitative estimate of drug-likeness (QED) is 0.700. The molecule has 1 aliphatic heterocycles. The van der Waals surface area contributed by atoms with E-state index in [4.69, 9.17) is 27.9 Å². The van der Waals surface area contributed by atoms with Gasteiger partial charge in [0.15, 0.2) is 0 Å². The van der Waals surface area contributed by atoms with Gasteiger partial charge < -0.3 is 10.1 Å². The van der Waals surface area contributed by atoms with Crippen LogP contribution in [0.2, 0.25) is 10.0 Å². The molecule has 10 heteroatoms. The Labute approximate surface area is 152 Å². The van der Waals surface area contributed by atoms with Gasteiger partial charge in [0, 0.05) is 19.6 Å². The van der Waals surface area contributed by atoms with E-state index in [1.165, 1.54) is 0 Å². The van der Waals surface area contributed by atoms with E-state index in [0.29, 0.717) is 36.3 Å². The van der Waals surface area contributed by atoms with Gasteiger partial charge in [0.2, 0.25) is 0 Å². The highest BCUT2D eigenvalue weighted by molar-refractivity contribution is 7.87. The van der Waals surface area contributed by atoms with Gasteiger partial charge >= 0.3 is 0 Å². The lowest BCUT2D eigenvalue weighted by Crippen LogP contribution is -2.49. The lowest BCUT2D eigenvalue weighted by Gasteiger charge is -2.26. The van der Waals surface area contributed by atoms with Gasteiger partial charge in [-0.2, -0.15) is 13.1 Å². The summed E-state index contributed by atoms with van der Waals surface area (Å²) in [7, 11) is -3.59. The van der Waals surface area contributed by atoms with Crippen molar-refractivity contribution in [1.82, 2.24) is 14.8 Å². The molecule has 23 heavy (non-hydrogen) atoms. The SMILES string of the molecule is CCNS(=O)(=O)N[C@@H]1CNCCO[C@H]1c1ccc(Cl)c(Cl)c1.Cl. The minimum Gasteiger partial charge on any atom is -0.370 e. The van der Waals surface area contributed by atoms with Crippen LogP contribution in [0, 0.1) is 0 Å². The molecule has 0 unspecified atom stereocenters. The molecule has 0 bridgehead atoms. The zero-order chi connectivity index (χ0) is 16.2. The van der Waals surface area contributed by atoms with Gasteiger partial charge in [-0.3, -0.25) is 0 Å². The number of hydrogen-bond donors (Lipinski definition) is 3. The summed E-state index contributed by atoms with van der Waals surface area (Å²) in [6, 6.07) is 4.72. The highest BCUT2D eigenvalue weighted by atomic mass is 35.5. The smallest absolute Gasteiger partial charge is 0.277 e. The number of nitrogens with one attached hydrogen (secondary N) is 3. The van der Waals surface area contributed by atoms with E-state index in [2.05, 4.69) is 14.8 Å². The van der Waals surface area contributed by atoms with Crippen molar-refractivity contribution in [3.8, 4) is 0 Å². The van der Waals surface area contributed by atoms with Crippen molar-refractivity contribution in [2.45, 2.75) is 19.1 Å². The second-order valence-electron chi connectivity index (χ2n) is 4.89. The first-order valence-corrected chi connectivity index (χ1v) is 9.21. The Bertz CT molecular complexity index is 616. The molecular weight excluding hydrogens is 385 g/mol. The average Bonchev–Trinajstić information content (AvgIpc) is 2.67. The van der Waals surface area contributed by atoms with Gasteiger partial charge in [-0.15, -0.1) is 12.4 Å². The summed E-state index contributed by atoms with van der Waals surface area (Å²) in [6.07, 6.45) is -0.446. The molecule has 3 N–H and O–H groups in total. The molecule has 0 amide bonds. The molecule has 1 aliphatic rings. The topological polar surface area (TPSA) is 79.5 Å². The normalized spacial score (nSPS) is 22.2. The van der Waals surface area contributed by atoms with Crippen LogP contribution in [0.3, 0.4) is 0 Å². The summed E-state index contributed by atoms with van der Waals surface area (Å²) in [5.74, 6) is 0. The van der Waals surface area contributed by atoms with Crippen LogP contribution in [-0.2, 0) is 14.9 Å². The minimum atomic E-state index is -3.59. The fourth-order valence-electron chi connectivity index (χ4n) is 2.29. The maximum Gasteiger partial charge on any atom is 0.277 e. The third kappa shape index (κ3) is 6.03. The number of rotatable bonds is 5. The minimum absolute atomic E-state index is 0. The van der Waals surface area contributed by atoms with Crippen molar-refractivity contribution < 1.29 is 13.2 Å². The van der Waals surface area contributed by atoms with Crippen LogP contribution >= 0.6 is 35.6 Å². The second-order valence-corrected chi connectivity index (χ2v) is 7.24. The van der Waals surface area contributed by atoms with E-state index < -0.39 is 22.4 Å². The summed E-state index contributed by atoms with van der Waals surface area (Å²) < 4.78 is 34.7. The zero-order valence-corrected chi connectivity index (χ0v) is 15.7. The molecule has 0 spiro atoms. The lowest BCUT2D eigenvalue weighted by atomic mass is 10.0. The molecule has 6 nitrogen and oxygen atoms in total. The maximum absolute atomic E-state index is 12.0. The second kappa shape index (κ2) is 9.39. The molecule has 0 aliphatic carbocycles. The molecule has 0 saturated carbocycles. The highest BCUT2D eigenvalue weighted by Crippen LogP contribution is 2.29. The summed E-state index contributed by atoms with van der Waals surface area (Å²) >= 11 is 12.0. The number of ether oxygens (including phenoxy) is 1. The fourth-order valence-corrected chi connectivity index (χ4v) is 3.67. The standard InChI is InChI=1S/C13H19Cl2N3O3S.ClH/c1-2-17-22(19,20)18-12-8-16-5-6-21-13(12)9-3-4-10(14)11(15)7-9;/h3-4,7,12-13,16-18H,2,5-6,8H2,1H3;1H/t12-,13+;/m1./s1. The Morgan fingerprint density at radius 1 is 1.35 bits per heavy atom. The molecule has 1 heterocycles. The van der Waals surface area contributed by atoms with Crippen molar-refractivity contribution in [2.24, 2.45) is 0 Å². The molecule has 2 rings (SSSR count). The van der Waals surface area contributed by atoms with E-state index >= 15 is 0 Å². The van der Waals surface area contributed by atoms with Crippen molar-refractivity contribution in [3.05, 3.63) is 33.8 Å². The predicted octanol–water partition coefficient (Wildman–Crippen LogP) is 1.89. The molecule has 2 atom stereocenters. The van der Waals surface area contributed by atoms with Crippen LogP contribution in [0.1, 0.15) is 18.6 Å². The first-order valence-electron chi connectivity index (χ1n) is 6.97. The molecular formula is C13H20Cl3N3O3S. The van der Waals surface area contributed by atoms with Gasteiger partial charge in [0.25, 0.3) is 10.2 Å². The van der Waals surface area contributed by atoms with Crippen LogP contribution < -0.4 is 14.8 Å². The Morgan fingerprint density at radius 2 is 2.09 bits per heavy atom. The van der Waals surface area contributed by atoms with Gasteiger partial charge in [-0.1, -0.05) is 36.2 Å². The number of hydrogen-bond acceptors (Lipinski definition) is 4. The Balaban J connectivity index is 0.00000264. The molecule has 0 aromatic heterocycles. The van der Waals surface area contributed by atoms with Crippen molar-refractivity contribution in [1.29, 1.82) is 0 Å². The number of benzene rings is 1. The van der Waals surface area contributed by atoms with E-state index in [1.54, 1.807) is 25.1 Å².